The van der Waals surface area contributed by atoms with Gasteiger partial charge in [-0.2, -0.15) is 5.26 Å². The quantitative estimate of drug-likeness (QED) is 0.391. The Labute approximate surface area is 154 Å². The molecule has 3 aromatic rings. The first kappa shape index (κ1) is 17.3. The molecule has 1 N–H and O–H groups in total. The van der Waals surface area contributed by atoms with Crippen LogP contribution in [0, 0.1) is 28.4 Å². The molecule has 128 valence electrons. The molecule has 0 aliphatic carbocycles. The smallest absolute Gasteiger partial charge is 0.269 e. The lowest BCUT2D eigenvalue weighted by atomic mass is 10.1. The first-order chi connectivity index (χ1) is 12.6. The summed E-state index contributed by atoms with van der Waals surface area (Å²) in [7, 11) is 0. The zero-order valence-corrected chi connectivity index (χ0v) is 14.7. The van der Waals surface area contributed by atoms with Crippen molar-refractivity contribution in [3.8, 4) is 17.3 Å². The maximum absolute atomic E-state index is 10.7. The summed E-state index contributed by atoms with van der Waals surface area (Å²) >= 11 is 1.35. The number of nitro groups is 1. The lowest BCUT2D eigenvalue weighted by Crippen LogP contribution is -1.93. The van der Waals surface area contributed by atoms with Gasteiger partial charge in [0.15, 0.2) is 0 Å². The second kappa shape index (κ2) is 7.59. The molecule has 0 fully saturated rings. The third-order valence-corrected chi connectivity index (χ3v) is 4.62. The normalized spacial score (nSPS) is 11.0. The highest BCUT2D eigenvalue weighted by atomic mass is 32.1. The van der Waals surface area contributed by atoms with Gasteiger partial charge < -0.3 is 5.32 Å². The molecule has 26 heavy (non-hydrogen) atoms. The van der Waals surface area contributed by atoms with E-state index in [4.69, 9.17) is 0 Å². The first-order valence-corrected chi connectivity index (χ1v) is 8.59. The minimum Gasteiger partial charge on any atom is -0.360 e. The summed E-state index contributed by atoms with van der Waals surface area (Å²) in [6.07, 6.45) is 1.64. The van der Waals surface area contributed by atoms with Crippen LogP contribution in [0.4, 0.5) is 11.4 Å². The van der Waals surface area contributed by atoms with E-state index in [2.05, 4.69) is 16.4 Å². The number of thiazole rings is 1. The molecular weight excluding hydrogens is 348 g/mol. The van der Waals surface area contributed by atoms with Crippen LogP contribution in [0.5, 0.6) is 0 Å². The van der Waals surface area contributed by atoms with Gasteiger partial charge in [-0.1, -0.05) is 18.2 Å². The van der Waals surface area contributed by atoms with Crippen LogP contribution in [-0.4, -0.2) is 9.91 Å². The summed E-state index contributed by atoms with van der Waals surface area (Å²) < 4.78 is 0. The Hall–Kier alpha value is -3.50. The van der Waals surface area contributed by atoms with E-state index in [1.807, 2.05) is 36.6 Å². The van der Waals surface area contributed by atoms with Gasteiger partial charge in [0.1, 0.15) is 16.6 Å². The number of hydrogen-bond donors (Lipinski definition) is 1. The maximum Gasteiger partial charge on any atom is 0.269 e. The summed E-state index contributed by atoms with van der Waals surface area (Å²) in [6.45, 7) is 1.98. The van der Waals surface area contributed by atoms with Gasteiger partial charge in [-0.3, -0.25) is 10.1 Å². The van der Waals surface area contributed by atoms with Crippen LogP contribution < -0.4 is 5.32 Å². The summed E-state index contributed by atoms with van der Waals surface area (Å²) in [6, 6.07) is 16.1. The van der Waals surface area contributed by atoms with Crippen LogP contribution in [0.1, 0.15) is 10.6 Å². The van der Waals surface area contributed by atoms with Crippen LogP contribution in [-0.2, 0) is 0 Å². The molecule has 6 nitrogen and oxygen atoms in total. The van der Waals surface area contributed by atoms with Gasteiger partial charge >= 0.3 is 0 Å². The van der Waals surface area contributed by atoms with E-state index in [9.17, 15) is 15.4 Å². The number of allylic oxidation sites excluding steroid dienone is 1. The van der Waals surface area contributed by atoms with E-state index in [0.29, 0.717) is 16.3 Å². The molecule has 1 aromatic heterocycles. The molecular formula is C19H14N4O2S. The predicted octanol–water partition coefficient (Wildman–Crippen LogP) is 5.00. The van der Waals surface area contributed by atoms with E-state index in [0.717, 1.165) is 16.8 Å². The van der Waals surface area contributed by atoms with Gasteiger partial charge in [0.25, 0.3) is 5.69 Å². The summed E-state index contributed by atoms with van der Waals surface area (Å²) in [4.78, 5) is 14.8. The SMILES string of the molecule is Cc1ccccc1NC=C(C#N)c1nc(-c2ccc([N+](=O)[O-])cc2)cs1. The molecule has 0 atom stereocenters. The number of nitrogens with one attached hydrogen (secondary N) is 1. The molecule has 1 heterocycles. The second-order valence-corrected chi connectivity index (χ2v) is 6.33. The van der Waals surface area contributed by atoms with Gasteiger partial charge in [0.05, 0.1) is 10.6 Å². The van der Waals surface area contributed by atoms with E-state index in [-0.39, 0.29) is 5.69 Å². The number of aryl methyl sites for hydroxylation is 1. The zero-order valence-electron chi connectivity index (χ0n) is 13.8. The van der Waals surface area contributed by atoms with Gasteiger partial charge in [-0.05, 0) is 30.7 Å². The fourth-order valence-electron chi connectivity index (χ4n) is 2.31. The van der Waals surface area contributed by atoms with Crippen molar-refractivity contribution in [2.45, 2.75) is 6.92 Å². The van der Waals surface area contributed by atoms with E-state index in [1.165, 1.54) is 23.5 Å². The van der Waals surface area contributed by atoms with Crippen LogP contribution >= 0.6 is 11.3 Å². The molecule has 0 radical (unpaired) electrons. The second-order valence-electron chi connectivity index (χ2n) is 5.47. The molecule has 0 saturated heterocycles. The van der Waals surface area contributed by atoms with Crippen molar-refractivity contribution < 1.29 is 4.92 Å². The number of nitrogens with zero attached hydrogens (tertiary/aromatic N) is 3. The fraction of sp³-hybridized carbons (Fsp3) is 0.0526. The highest BCUT2D eigenvalue weighted by Gasteiger charge is 2.11. The van der Waals surface area contributed by atoms with Gasteiger partial charge in [-0.25, -0.2) is 4.98 Å². The van der Waals surface area contributed by atoms with Crippen LogP contribution in [0.2, 0.25) is 0 Å². The fourth-order valence-corrected chi connectivity index (χ4v) is 3.11. The number of nitriles is 1. The molecule has 2 aromatic carbocycles. The van der Waals surface area contributed by atoms with Gasteiger partial charge in [0.2, 0.25) is 0 Å². The van der Waals surface area contributed by atoms with Crippen LogP contribution in [0.15, 0.2) is 60.1 Å². The Balaban J connectivity index is 1.83. The Morgan fingerprint density at radius 2 is 2.00 bits per heavy atom. The van der Waals surface area contributed by atoms with E-state index < -0.39 is 4.92 Å². The summed E-state index contributed by atoms with van der Waals surface area (Å²) in [5.74, 6) is 0. The average molecular weight is 362 g/mol. The lowest BCUT2D eigenvalue weighted by Gasteiger charge is -2.04. The van der Waals surface area contributed by atoms with Crippen molar-refractivity contribution in [3.63, 3.8) is 0 Å². The van der Waals surface area contributed by atoms with Crippen molar-refractivity contribution in [1.82, 2.24) is 4.98 Å². The third kappa shape index (κ3) is 3.77. The number of benzene rings is 2. The zero-order chi connectivity index (χ0) is 18.5. The Bertz CT molecular complexity index is 1020. The monoisotopic (exact) mass is 362 g/mol. The highest BCUT2D eigenvalue weighted by Crippen LogP contribution is 2.27. The first-order valence-electron chi connectivity index (χ1n) is 7.71. The molecule has 3 rings (SSSR count). The van der Waals surface area contributed by atoms with Crippen molar-refractivity contribution in [3.05, 3.63) is 80.8 Å². The third-order valence-electron chi connectivity index (χ3n) is 3.75. The molecule has 0 spiro atoms. The highest BCUT2D eigenvalue weighted by molar-refractivity contribution is 7.11. The Morgan fingerprint density at radius 3 is 2.65 bits per heavy atom. The van der Waals surface area contributed by atoms with Crippen molar-refractivity contribution >= 4 is 28.3 Å². The van der Waals surface area contributed by atoms with Crippen molar-refractivity contribution in [2.75, 3.05) is 5.32 Å². The topological polar surface area (TPSA) is 91.8 Å². The van der Waals surface area contributed by atoms with Crippen LogP contribution in [0.25, 0.3) is 16.8 Å². The average Bonchev–Trinajstić information content (AvgIpc) is 3.14. The van der Waals surface area contributed by atoms with E-state index in [1.54, 1.807) is 18.3 Å². The van der Waals surface area contributed by atoms with Crippen molar-refractivity contribution in [1.29, 1.82) is 5.26 Å². The Morgan fingerprint density at radius 1 is 1.27 bits per heavy atom. The minimum atomic E-state index is -0.440. The number of para-hydroxylation sites is 1. The molecule has 0 unspecified atom stereocenters. The molecule has 0 aliphatic heterocycles. The number of anilines is 1. The number of rotatable bonds is 5. The standard InChI is InChI=1S/C19H14N4O2S/c1-13-4-2-3-5-17(13)21-11-15(10-20)19-22-18(12-26-19)14-6-8-16(9-7-14)23(24)25/h2-9,11-12,21H,1H3. The molecule has 0 aliphatic rings. The molecule has 0 bridgehead atoms. The number of nitro benzene ring substituents is 1. The van der Waals surface area contributed by atoms with Crippen LogP contribution in [0.3, 0.4) is 0 Å². The number of non-ortho nitro benzene ring substituents is 1. The number of hydrogen-bond acceptors (Lipinski definition) is 6. The largest absolute Gasteiger partial charge is 0.360 e. The number of aromatic nitrogens is 1. The maximum atomic E-state index is 10.7. The van der Waals surface area contributed by atoms with Gasteiger partial charge in [-0.15, -0.1) is 11.3 Å². The summed E-state index contributed by atoms with van der Waals surface area (Å²) in [5.41, 5.74) is 3.90. The summed E-state index contributed by atoms with van der Waals surface area (Å²) in [5, 5.41) is 25.7. The Kier molecular flexibility index (Phi) is 5.06. The van der Waals surface area contributed by atoms with Crippen molar-refractivity contribution in [2.24, 2.45) is 0 Å². The lowest BCUT2D eigenvalue weighted by molar-refractivity contribution is -0.384. The minimum absolute atomic E-state index is 0.0317. The van der Waals surface area contributed by atoms with E-state index >= 15 is 0 Å². The molecule has 7 heteroatoms. The van der Waals surface area contributed by atoms with Gasteiger partial charge in [0, 0.05) is 35.0 Å². The predicted molar refractivity (Wildman–Crippen MR) is 103 cm³/mol. The molecule has 0 saturated carbocycles. The molecule has 0 amide bonds.